The lowest BCUT2D eigenvalue weighted by Gasteiger charge is -2.39. The summed E-state index contributed by atoms with van der Waals surface area (Å²) in [6.45, 7) is 2.36. The maximum atomic E-state index is 14.5. The van der Waals surface area contributed by atoms with Crippen molar-refractivity contribution in [3.63, 3.8) is 0 Å². The van der Waals surface area contributed by atoms with E-state index in [4.69, 9.17) is 4.74 Å². The van der Waals surface area contributed by atoms with E-state index in [1.54, 1.807) is 0 Å². The van der Waals surface area contributed by atoms with Crippen molar-refractivity contribution in [2.45, 2.75) is 83.2 Å². The Morgan fingerprint density at radius 2 is 1.65 bits per heavy atom. The molecule has 3 rings (SSSR count). The van der Waals surface area contributed by atoms with E-state index >= 15 is 0 Å². The van der Waals surface area contributed by atoms with E-state index in [-0.39, 0.29) is 5.92 Å². The highest BCUT2D eigenvalue weighted by atomic mass is 19.2. The second-order valence-corrected chi connectivity index (χ2v) is 8.18. The van der Waals surface area contributed by atoms with Crippen LogP contribution in [0.3, 0.4) is 0 Å². The van der Waals surface area contributed by atoms with Crippen molar-refractivity contribution < 1.29 is 13.5 Å². The van der Waals surface area contributed by atoms with E-state index in [9.17, 15) is 8.78 Å². The zero-order chi connectivity index (χ0) is 16.4. The van der Waals surface area contributed by atoms with Crippen LogP contribution >= 0.6 is 0 Å². The van der Waals surface area contributed by atoms with Crippen LogP contribution in [0, 0.1) is 23.7 Å². The van der Waals surface area contributed by atoms with Gasteiger partial charge >= 0.3 is 0 Å². The fourth-order valence-electron chi connectivity index (χ4n) is 5.12. The molecule has 0 N–H and O–H groups in total. The van der Waals surface area contributed by atoms with Gasteiger partial charge in [0.1, 0.15) is 6.17 Å². The minimum Gasteiger partial charge on any atom is -0.378 e. The summed E-state index contributed by atoms with van der Waals surface area (Å²) in [7, 11) is 1.49. The van der Waals surface area contributed by atoms with Gasteiger partial charge in [0.05, 0.1) is 6.10 Å². The van der Waals surface area contributed by atoms with Crippen LogP contribution in [0.25, 0.3) is 0 Å². The Morgan fingerprint density at radius 1 is 0.913 bits per heavy atom. The van der Waals surface area contributed by atoms with Crippen LogP contribution in [0.15, 0.2) is 11.6 Å². The Morgan fingerprint density at radius 3 is 2.26 bits per heavy atom. The van der Waals surface area contributed by atoms with Crippen molar-refractivity contribution in [1.29, 1.82) is 0 Å². The predicted octanol–water partition coefficient (Wildman–Crippen LogP) is 5.64. The number of allylic oxidation sites excluding steroid dienone is 2. The van der Waals surface area contributed by atoms with Crippen molar-refractivity contribution in [1.82, 2.24) is 0 Å². The first-order chi connectivity index (χ1) is 11.1. The number of ether oxygens (including phenoxy) is 1. The molecule has 3 aliphatic rings. The molecule has 1 nitrogen and oxygen atoms in total. The maximum Gasteiger partial charge on any atom is 0.158 e. The first-order valence-electron chi connectivity index (χ1n) is 9.60. The zero-order valence-electron chi connectivity index (χ0n) is 14.6. The van der Waals surface area contributed by atoms with Gasteiger partial charge in [-0.2, -0.15) is 0 Å². The molecule has 3 heteroatoms. The van der Waals surface area contributed by atoms with Crippen LogP contribution in [0.5, 0.6) is 0 Å². The van der Waals surface area contributed by atoms with E-state index < -0.39 is 18.4 Å². The predicted molar refractivity (Wildman–Crippen MR) is 89.9 cm³/mol. The largest absolute Gasteiger partial charge is 0.378 e. The molecule has 132 valence electrons. The molecule has 23 heavy (non-hydrogen) atoms. The molecule has 0 saturated heterocycles. The van der Waals surface area contributed by atoms with Crippen molar-refractivity contribution in [3.05, 3.63) is 11.6 Å². The van der Waals surface area contributed by atoms with Gasteiger partial charge in [0, 0.05) is 13.0 Å². The number of halogens is 2. The minimum atomic E-state index is -1.46. The third-order valence-corrected chi connectivity index (χ3v) is 6.80. The van der Waals surface area contributed by atoms with Gasteiger partial charge in [0.2, 0.25) is 0 Å². The van der Waals surface area contributed by atoms with Crippen molar-refractivity contribution in [2.24, 2.45) is 23.7 Å². The molecule has 0 heterocycles. The Bertz CT molecular complexity index is 414. The molecule has 0 aromatic carbocycles. The highest BCUT2D eigenvalue weighted by Gasteiger charge is 2.42. The highest BCUT2D eigenvalue weighted by molar-refractivity contribution is 5.15. The summed E-state index contributed by atoms with van der Waals surface area (Å²) in [5.41, 5.74) is 1.19. The number of rotatable bonds is 3. The van der Waals surface area contributed by atoms with Crippen molar-refractivity contribution in [3.8, 4) is 0 Å². The smallest absolute Gasteiger partial charge is 0.158 e. The molecular weight excluding hydrogens is 294 g/mol. The maximum absolute atomic E-state index is 14.5. The lowest BCUT2D eigenvalue weighted by atomic mass is 9.69. The minimum absolute atomic E-state index is 0.205. The standard InChI is InChI=1S/C20H32F2O/c1-13-3-5-14(6-4-13)15-7-9-16(10-8-15)17-11-12-18(23-2)20(22)19(17)21/h9,13-15,17-20H,3-8,10-12H2,1-2H3. The van der Waals surface area contributed by atoms with Crippen molar-refractivity contribution >= 4 is 0 Å². The van der Waals surface area contributed by atoms with E-state index in [1.165, 1.54) is 44.8 Å². The van der Waals surface area contributed by atoms with E-state index in [1.807, 2.05) is 0 Å². The second-order valence-electron chi connectivity index (χ2n) is 8.18. The molecule has 2 saturated carbocycles. The third-order valence-electron chi connectivity index (χ3n) is 6.80. The topological polar surface area (TPSA) is 9.23 Å². The van der Waals surface area contributed by atoms with Gasteiger partial charge in [-0.25, -0.2) is 8.78 Å². The van der Waals surface area contributed by atoms with E-state index in [0.29, 0.717) is 6.42 Å². The van der Waals surface area contributed by atoms with Crippen LogP contribution in [-0.4, -0.2) is 25.6 Å². The third kappa shape index (κ3) is 3.81. The van der Waals surface area contributed by atoms with Crippen molar-refractivity contribution in [2.75, 3.05) is 7.11 Å². The normalized spacial score (nSPS) is 45.6. The van der Waals surface area contributed by atoms with Crippen LogP contribution < -0.4 is 0 Å². The highest BCUT2D eigenvalue weighted by Crippen LogP contribution is 2.43. The molecule has 0 aliphatic heterocycles. The van der Waals surface area contributed by atoms with Crippen LogP contribution in [0.1, 0.15) is 64.7 Å². The monoisotopic (exact) mass is 326 g/mol. The summed E-state index contributed by atoms with van der Waals surface area (Å²) in [6, 6.07) is 0. The Hall–Kier alpha value is -0.440. The number of methoxy groups -OCH3 is 1. The lowest BCUT2D eigenvalue weighted by Crippen LogP contribution is -2.43. The molecule has 0 radical (unpaired) electrons. The average Bonchev–Trinajstić information content (AvgIpc) is 2.58. The summed E-state index contributed by atoms with van der Waals surface area (Å²) in [5.74, 6) is 2.33. The fraction of sp³-hybridized carbons (Fsp3) is 0.900. The van der Waals surface area contributed by atoms with Gasteiger partial charge in [-0.05, 0) is 62.7 Å². The Labute approximate surface area is 139 Å². The van der Waals surface area contributed by atoms with E-state index in [2.05, 4.69) is 13.0 Å². The molecule has 0 aromatic rings. The molecule has 5 unspecified atom stereocenters. The fourth-order valence-corrected chi connectivity index (χ4v) is 5.12. The molecule has 3 aliphatic carbocycles. The molecule has 0 bridgehead atoms. The van der Waals surface area contributed by atoms with Crippen LogP contribution in [0.2, 0.25) is 0 Å². The van der Waals surface area contributed by atoms with Gasteiger partial charge in [0.15, 0.2) is 6.17 Å². The Kier molecular flexibility index (Phi) is 5.77. The molecule has 0 spiro atoms. The molecule has 0 amide bonds. The Balaban J connectivity index is 1.56. The van der Waals surface area contributed by atoms with Gasteiger partial charge in [-0.3, -0.25) is 0 Å². The molecular formula is C20H32F2O. The number of hydrogen-bond acceptors (Lipinski definition) is 1. The summed E-state index contributed by atoms with van der Waals surface area (Å²) in [5, 5.41) is 0. The van der Waals surface area contributed by atoms with Gasteiger partial charge in [0.25, 0.3) is 0 Å². The quantitative estimate of drug-likeness (QED) is 0.610. The first-order valence-corrected chi connectivity index (χ1v) is 9.60. The van der Waals surface area contributed by atoms with Crippen LogP contribution in [-0.2, 0) is 4.74 Å². The average molecular weight is 326 g/mol. The first kappa shape index (κ1) is 17.4. The van der Waals surface area contributed by atoms with Gasteiger partial charge in [-0.15, -0.1) is 0 Å². The van der Waals surface area contributed by atoms with Crippen LogP contribution in [0.4, 0.5) is 8.78 Å². The summed E-state index contributed by atoms with van der Waals surface area (Å²) >= 11 is 0. The molecule has 0 aromatic heterocycles. The zero-order valence-corrected chi connectivity index (χ0v) is 14.6. The lowest BCUT2D eigenvalue weighted by molar-refractivity contribution is -0.0498. The number of alkyl halides is 2. The SMILES string of the molecule is COC1CCC(C2=CCC(C3CCC(C)CC3)CC2)C(F)C1F. The summed E-state index contributed by atoms with van der Waals surface area (Å²) < 4.78 is 33.7. The van der Waals surface area contributed by atoms with E-state index in [0.717, 1.165) is 37.0 Å². The van der Waals surface area contributed by atoms with Gasteiger partial charge < -0.3 is 4.74 Å². The second kappa shape index (κ2) is 7.63. The molecule has 5 atom stereocenters. The number of hydrogen-bond donors (Lipinski definition) is 0. The van der Waals surface area contributed by atoms with Gasteiger partial charge in [-0.1, -0.05) is 31.4 Å². The summed E-state index contributed by atoms with van der Waals surface area (Å²) in [6.07, 6.45) is 8.96. The summed E-state index contributed by atoms with van der Waals surface area (Å²) in [4.78, 5) is 0. The molecule has 2 fully saturated rings.